The van der Waals surface area contributed by atoms with Crippen LogP contribution in [0.25, 0.3) is 10.2 Å². The summed E-state index contributed by atoms with van der Waals surface area (Å²) in [4.78, 5) is 21.3. The van der Waals surface area contributed by atoms with Crippen LogP contribution in [0.5, 0.6) is 5.75 Å². The summed E-state index contributed by atoms with van der Waals surface area (Å²) in [6.07, 6.45) is 1.08. The summed E-state index contributed by atoms with van der Waals surface area (Å²) in [6, 6.07) is 13.1. The summed E-state index contributed by atoms with van der Waals surface area (Å²) in [6.45, 7) is 2.66. The molecule has 1 aromatic heterocycles. The number of carbonyl (C=O) groups is 1. The lowest BCUT2D eigenvalue weighted by Gasteiger charge is -2.36. The fraction of sp³-hybridized carbons (Fsp3) is 0.300. The second kappa shape index (κ2) is 8.11. The Hall–Kier alpha value is -2.85. The van der Waals surface area contributed by atoms with Crippen LogP contribution < -0.4 is 14.4 Å². The summed E-state index contributed by atoms with van der Waals surface area (Å²) in [5.41, 5.74) is 2.26. The van der Waals surface area contributed by atoms with Gasteiger partial charge in [0, 0.05) is 31.7 Å². The van der Waals surface area contributed by atoms with E-state index < -0.39 is 10.0 Å². The maximum Gasteiger partial charge on any atom is 0.254 e. The summed E-state index contributed by atoms with van der Waals surface area (Å²) in [7, 11) is -1.73. The van der Waals surface area contributed by atoms with E-state index in [-0.39, 0.29) is 5.91 Å². The van der Waals surface area contributed by atoms with Crippen molar-refractivity contribution in [3.63, 3.8) is 0 Å². The van der Waals surface area contributed by atoms with E-state index in [2.05, 4.69) is 14.6 Å². The first-order valence-corrected chi connectivity index (χ1v) is 12.1. The summed E-state index contributed by atoms with van der Waals surface area (Å²) >= 11 is 1.21. The highest BCUT2D eigenvalue weighted by atomic mass is 32.2. The van der Waals surface area contributed by atoms with E-state index in [0.717, 1.165) is 35.5 Å². The Morgan fingerprint density at radius 1 is 1.13 bits per heavy atom. The number of rotatable bonds is 5. The van der Waals surface area contributed by atoms with Gasteiger partial charge in [0.05, 0.1) is 29.3 Å². The van der Waals surface area contributed by atoms with Crippen molar-refractivity contribution < 1.29 is 17.9 Å². The molecule has 2 aromatic carbocycles. The van der Waals surface area contributed by atoms with Crippen molar-refractivity contribution in [2.45, 2.75) is 0 Å². The number of benzene rings is 2. The molecule has 0 atom stereocenters. The van der Waals surface area contributed by atoms with Crippen molar-refractivity contribution in [1.29, 1.82) is 0 Å². The Labute approximate surface area is 179 Å². The van der Waals surface area contributed by atoms with E-state index >= 15 is 0 Å². The minimum atomic E-state index is -3.39. The predicted octanol–water partition coefficient (Wildman–Crippen LogP) is 2.64. The Kier molecular flexibility index (Phi) is 5.52. The van der Waals surface area contributed by atoms with Gasteiger partial charge in [0.25, 0.3) is 5.91 Å². The Morgan fingerprint density at radius 2 is 1.87 bits per heavy atom. The lowest BCUT2D eigenvalue weighted by atomic mass is 10.1. The molecule has 4 rings (SSSR count). The molecule has 0 aliphatic carbocycles. The average Bonchev–Trinajstić information content (AvgIpc) is 3.12. The van der Waals surface area contributed by atoms with Crippen molar-refractivity contribution in [2.24, 2.45) is 0 Å². The second-order valence-corrected chi connectivity index (χ2v) is 9.81. The number of hydrogen-bond acceptors (Lipinski definition) is 7. The van der Waals surface area contributed by atoms with Gasteiger partial charge < -0.3 is 14.5 Å². The van der Waals surface area contributed by atoms with Crippen molar-refractivity contribution in [3.05, 3.63) is 48.0 Å². The number of anilines is 2. The minimum Gasteiger partial charge on any atom is -0.495 e. The molecule has 30 heavy (non-hydrogen) atoms. The SMILES string of the molecule is COc1ccccc1N1CCN(C(=O)c2ccc3nc(NS(C)(=O)=O)sc3c2)CC1. The zero-order valence-electron chi connectivity index (χ0n) is 16.7. The maximum absolute atomic E-state index is 13.0. The molecule has 0 radical (unpaired) electrons. The number of thiazole rings is 1. The van der Waals surface area contributed by atoms with Crippen LogP contribution in [-0.2, 0) is 10.0 Å². The van der Waals surface area contributed by atoms with Gasteiger partial charge >= 0.3 is 0 Å². The Morgan fingerprint density at radius 3 is 2.57 bits per heavy atom. The number of nitrogens with zero attached hydrogens (tertiary/aromatic N) is 3. The molecular formula is C20H22N4O4S2. The maximum atomic E-state index is 13.0. The third kappa shape index (κ3) is 4.34. The molecule has 158 valence electrons. The second-order valence-electron chi connectivity index (χ2n) is 7.03. The topological polar surface area (TPSA) is 91.8 Å². The molecule has 1 amide bonds. The van der Waals surface area contributed by atoms with Gasteiger partial charge in [-0.2, -0.15) is 0 Å². The number of carbonyl (C=O) groups excluding carboxylic acids is 1. The van der Waals surface area contributed by atoms with E-state index in [9.17, 15) is 13.2 Å². The van der Waals surface area contributed by atoms with E-state index in [1.807, 2.05) is 29.2 Å². The fourth-order valence-corrected chi connectivity index (χ4v) is 5.22. The molecule has 1 N–H and O–H groups in total. The lowest BCUT2D eigenvalue weighted by Crippen LogP contribution is -2.48. The third-order valence-corrected chi connectivity index (χ3v) is 6.53. The van der Waals surface area contributed by atoms with Gasteiger partial charge in [-0.05, 0) is 30.3 Å². The third-order valence-electron chi connectivity index (χ3n) is 4.90. The van der Waals surface area contributed by atoms with Crippen molar-refractivity contribution >= 4 is 48.3 Å². The standard InChI is InChI=1S/C20H22N4O4S2/c1-28-17-6-4-3-5-16(17)23-9-11-24(12-10-23)19(25)14-7-8-15-18(13-14)29-20(21-15)22-30(2,26)27/h3-8,13H,9-12H2,1-2H3,(H,21,22). The quantitative estimate of drug-likeness (QED) is 0.648. The first-order valence-electron chi connectivity index (χ1n) is 9.40. The molecule has 0 spiro atoms. The lowest BCUT2D eigenvalue weighted by molar-refractivity contribution is 0.0747. The molecule has 0 saturated carbocycles. The Bertz CT molecular complexity index is 1180. The molecule has 0 bridgehead atoms. The molecule has 8 nitrogen and oxygen atoms in total. The van der Waals surface area contributed by atoms with Crippen LogP contribution in [0, 0.1) is 0 Å². The summed E-state index contributed by atoms with van der Waals surface area (Å²) < 4.78 is 31.4. The molecule has 0 unspecified atom stereocenters. The van der Waals surface area contributed by atoms with Crippen LogP contribution in [0.2, 0.25) is 0 Å². The fourth-order valence-electron chi connectivity index (χ4n) is 3.48. The van der Waals surface area contributed by atoms with E-state index in [0.29, 0.717) is 29.3 Å². The number of nitrogens with one attached hydrogen (secondary N) is 1. The van der Waals surface area contributed by atoms with Crippen molar-refractivity contribution in [1.82, 2.24) is 9.88 Å². The molecule has 3 aromatic rings. The number of fused-ring (bicyclic) bond motifs is 1. The van der Waals surface area contributed by atoms with Crippen molar-refractivity contribution in [3.8, 4) is 5.75 Å². The highest BCUT2D eigenvalue weighted by Gasteiger charge is 2.24. The Balaban J connectivity index is 1.47. The normalized spacial score (nSPS) is 14.7. The van der Waals surface area contributed by atoms with Gasteiger partial charge in [-0.3, -0.25) is 9.52 Å². The van der Waals surface area contributed by atoms with Crippen LogP contribution >= 0.6 is 11.3 Å². The minimum absolute atomic E-state index is 0.0393. The largest absolute Gasteiger partial charge is 0.495 e. The highest BCUT2D eigenvalue weighted by molar-refractivity contribution is 7.92. The number of piperazine rings is 1. The molecule has 10 heteroatoms. The van der Waals surface area contributed by atoms with Gasteiger partial charge in [0.2, 0.25) is 10.0 Å². The van der Waals surface area contributed by atoms with Crippen molar-refractivity contribution in [2.75, 3.05) is 49.2 Å². The summed E-state index contributed by atoms with van der Waals surface area (Å²) in [5, 5.41) is 0.294. The molecular weight excluding hydrogens is 424 g/mol. The van der Waals surface area contributed by atoms with Gasteiger partial charge in [-0.1, -0.05) is 23.5 Å². The number of methoxy groups -OCH3 is 1. The van der Waals surface area contributed by atoms with Gasteiger partial charge in [-0.25, -0.2) is 13.4 Å². The van der Waals surface area contributed by atoms with Gasteiger partial charge in [0.1, 0.15) is 5.75 Å². The molecule has 1 saturated heterocycles. The van der Waals surface area contributed by atoms with Crippen LogP contribution in [0.4, 0.5) is 10.8 Å². The van der Waals surface area contributed by atoms with Crippen LogP contribution in [-0.4, -0.2) is 63.8 Å². The van der Waals surface area contributed by atoms with Crippen LogP contribution in [0.1, 0.15) is 10.4 Å². The number of amides is 1. The first kappa shape index (κ1) is 20.4. The molecule has 1 aliphatic rings. The van der Waals surface area contributed by atoms with E-state index in [1.165, 1.54) is 11.3 Å². The number of para-hydroxylation sites is 2. The predicted molar refractivity (Wildman–Crippen MR) is 119 cm³/mol. The zero-order chi connectivity index (χ0) is 21.3. The highest BCUT2D eigenvalue weighted by Crippen LogP contribution is 2.30. The van der Waals surface area contributed by atoms with E-state index in [1.54, 1.807) is 25.3 Å². The van der Waals surface area contributed by atoms with Gasteiger partial charge in [-0.15, -0.1) is 0 Å². The molecule has 2 heterocycles. The summed E-state index contributed by atoms with van der Waals surface area (Å²) in [5.74, 6) is 0.786. The monoisotopic (exact) mass is 446 g/mol. The number of hydrogen-bond donors (Lipinski definition) is 1. The number of sulfonamides is 1. The first-order chi connectivity index (χ1) is 14.3. The number of aromatic nitrogens is 1. The zero-order valence-corrected chi connectivity index (χ0v) is 18.3. The van der Waals surface area contributed by atoms with Crippen LogP contribution in [0.15, 0.2) is 42.5 Å². The van der Waals surface area contributed by atoms with E-state index in [4.69, 9.17) is 4.74 Å². The number of ether oxygens (including phenoxy) is 1. The molecule has 1 aliphatic heterocycles. The van der Waals surface area contributed by atoms with Gasteiger partial charge in [0.15, 0.2) is 5.13 Å². The molecule has 1 fully saturated rings. The average molecular weight is 447 g/mol. The van der Waals surface area contributed by atoms with Crippen LogP contribution in [0.3, 0.4) is 0 Å². The smallest absolute Gasteiger partial charge is 0.254 e.